The van der Waals surface area contributed by atoms with Crippen molar-refractivity contribution in [3.8, 4) is 11.5 Å². The van der Waals surface area contributed by atoms with Crippen LogP contribution in [0.15, 0.2) is 48.5 Å². The van der Waals surface area contributed by atoms with Crippen LogP contribution in [0.4, 0.5) is 5.69 Å². The maximum Gasteiger partial charge on any atom is 0.129 e. The van der Waals surface area contributed by atoms with Gasteiger partial charge in [-0.05, 0) is 31.2 Å². The van der Waals surface area contributed by atoms with Gasteiger partial charge >= 0.3 is 0 Å². The van der Waals surface area contributed by atoms with E-state index in [0.717, 1.165) is 17.2 Å². The lowest BCUT2D eigenvalue weighted by Crippen LogP contribution is -1.89. The van der Waals surface area contributed by atoms with Crippen LogP contribution in [0.25, 0.3) is 0 Å². The van der Waals surface area contributed by atoms with Gasteiger partial charge in [0.15, 0.2) is 0 Å². The van der Waals surface area contributed by atoms with Gasteiger partial charge in [0.25, 0.3) is 0 Å². The molecule has 3 nitrogen and oxygen atoms in total. The molecule has 2 rings (SSSR count). The van der Waals surface area contributed by atoms with Crippen LogP contribution in [0.5, 0.6) is 11.5 Å². The monoisotopic (exact) mass is 243 g/mol. The summed E-state index contributed by atoms with van der Waals surface area (Å²) >= 11 is 0. The topological polar surface area (TPSA) is 38.3 Å². The second-order valence-electron chi connectivity index (χ2n) is 3.69. The highest BCUT2D eigenvalue weighted by Gasteiger charge is 1.97. The van der Waals surface area contributed by atoms with Crippen molar-refractivity contribution in [1.82, 2.24) is 0 Å². The van der Waals surface area contributed by atoms with Crippen molar-refractivity contribution in [3.05, 3.63) is 54.1 Å². The summed E-state index contributed by atoms with van der Waals surface area (Å²) in [7, 11) is 1.89. The summed E-state index contributed by atoms with van der Waals surface area (Å²) in [6.45, 7) is 4.06. The smallest absolute Gasteiger partial charge is 0.129 e. The molecule has 3 heteroatoms. The molecule has 0 aliphatic heterocycles. The van der Waals surface area contributed by atoms with Crippen molar-refractivity contribution < 1.29 is 9.53 Å². The van der Waals surface area contributed by atoms with Gasteiger partial charge in [-0.25, -0.2) is 0 Å². The van der Waals surface area contributed by atoms with Crippen LogP contribution in [0, 0.1) is 6.92 Å². The number of nitrogens with one attached hydrogen (secondary N) is 1. The van der Waals surface area contributed by atoms with Gasteiger partial charge in [0.1, 0.15) is 18.3 Å². The van der Waals surface area contributed by atoms with E-state index < -0.39 is 0 Å². The molecule has 0 atom stereocenters. The molecule has 0 aliphatic rings. The van der Waals surface area contributed by atoms with E-state index >= 15 is 0 Å². The Morgan fingerprint density at radius 3 is 2.28 bits per heavy atom. The molecule has 1 N–H and O–H groups in total. The third-order valence-corrected chi connectivity index (χ3v) is 2.38. The fraction of sp³-hybridized carbons (Fsp3) is 0.133. The fourth-order valence-corrected chi connectivity index (χ4v) is 1.46. The molecule has 0 amide bonds. The molecule has 0 aromatic heterocycles. The zero-order valence-electron chi connectivity index (χ0n) is 10.6. The molecule has 0 saturated heterocycles. The third-order valence-electron chi connectivity index (χ3n) is 2.38. The molecule has 0 spiro atoms. The zero-order chi connectivity index (χ0) is 13.4. The van der Waals surface area contributed by atoms with Crippen molar-refractivity contribution >= 4 is 12.5 Å². The molecule has 0 aliphatic carbocycles. The Morgan fingerprint density at radius 1 is 1.00 bits per heavy atom. The number of ether oxygens (including phenoxy) is 1. The molecule has 0 saturated carbocycles. The Balaban J connectivity index is 0.000000771. The minimum absolute atomic E-state index is 0.843. The maximum atomic E-state index is 8.00. The highest BCUT2D eigenvalue weighted by Crippen LogP contribution is 2.23. The summed E-state index contributed by atoms with van der Waals surface area (Å²) in [5.74, 6) is 1.70. The van der Waals surface area contributed by atoms with E-state index in [4.69, 9.17) is 9.53 Å². The van der Waals surface area contributed by atoms with E-state index in [9.17, 15) is 0 Å². The summed E-state index contributed by atoms with van der Waals surface area (Å²) in [6.07, 6.45) is 0. The second-order valence-corrected chi connectivity index (χ2v) is 3.69. The Hall–Kier alpha value is -2.29. The van der Waals surface area contributed by atoms with Crippen molar-refractivity contribution in [2.45, 2.75) is 6.92 Å². The van der Waals surface area contributed by atoms with Gasteiger partial charge < -0.3 is 14.8 Å². The van der Waals surface area contributed by atoms with Crippen LogP contribution in [0.1, 0.15) is 5.56 Å². The van der Waals surface area contributed by atoms with E-state index in [2.05, 4.69) is 12.2 Å². The van der Waals surface area contributed by atoms with Crippen LogP contribution >= 0.6 is 0 Å². The lowest BCUT2D eigenvalue weighted by Gasteiger charge is -2.07. The Kier molecular flexibility index (Phi) is 5.45. The molecule has 18 heavy (non-hydrogen) atoms. The van der Waals surface area contributed by atoms with Crippen LogP contribution in [-0.2, 0) is 4.79 Å². The van der Waals surface area contributed by atoms with Gasteiger partial charge in [0.2, 0.25) is 0 Å². The number of hydrogen-bond acceptors (Lipinski definition) is 3. The van der Waals surface area contributed by atoms with E-state index in [1.54, 1.807) is 0 Å². The number of anilines is 1. The molecule has 94 valence electrons. The first kappa shape index (κ1) is 13.8. The predicted molar refractivity (Wildman–Crippen MR) is 74.4 cm³/mol. The molecule has 0 heterocycles. The summed E-state index contributed by atoms with van der Waals surface area (Å²) in [4.78, 5) is 8.00. The van der Waals surface area contributed by atoms with Crippen LogP contribution in [-0.4, -0.2) is 13.8 Å². The number of carbonyl (C=O) groups is 1. The fourth-order valence-electron chi connectivity index (χ4n) is 1.46. The van der Waals surface area contributed by atoms with Gasteiger partial charge in [0, 0.05) is 18.8 Å². The molecular formula is C15H17NO2. The minimum atomic E-state index is 0.843. The maximum absolute atomic E-state index is 8.00. The second kappa shape index (κ2) is 7.12. The minimum Gasteiger partial charge on any atom is -0.457 e. The predicted octanol–water partition coefficient (Wildman–Crippen LogP) is 3.64. The van der Waals surface area contributed by atoms with Gasteiger partial charge in [-0.1, -0.05) is 23.8 Å². The van der Waals surface area contributed by atoms with E-state index in [-0.39, 0.29) is 0 Å². The van der Waals surface area contributed by atoms with Crippen LogP contribution in [0.2, 0.25) is 0 Å². The van der Waals surface area contributed by atoms with Crippen molar-refractivity contribution in [2.24, 2.45) is 0 Å². The van der Waals surface area contributed by atoms with Gasteiger partial charge in [-0.15, -0.1) is 0 Å². The normalized spacial score (nSPS) is 9.00. The highest BCUT2D eigenvalue weighted by atomic mass is 16.5. The number of hydrogen-bond donors (Lipinski definition) is 1. The third kappa shape index (κ3) is 3.94. The number of carbonyl (C=O) groups excluding carboxylic acids is 1. The largest absolute Gasteiger partial charge is 0.457 e. The van der Waals surface area contributed by atoms with Crippen LogP contribution < -0.4 is 10.1 Å². The summed E-state index contributed by atoms with van der Waals surface area (Å²) in [5, 5.41) is 3.08. The van der Waals surface area contributed by atoms with Crippen molar-refractivity contribution in [1.29, 1.82) is 0 Å². The number of aryl methyl sites for hydroxylation is 1. The molecule has 0 bridgehead atoms. The Morgan fingerprint density at radius 2 is 1.67 bits per heavy atom. The summed E-state index contributed by atoms with van der Waals surface area (Å²) < 4.78 is 5.74. The SMILES string of the molecule is C=O.CNc1cccc(Oc2ccc(C)cc2)c1. The lowest BCUT2D eigenvalue weighted by molar-refractivity contribution is -0.0979. The van der Waals surface area contributed by atoms with Gasteiger partial charge in [0.05, 0.1) is 0 Å². The van der Waals surface area contributed by atoms with E-state index in [1.807, 2.05) is 62.4 Å². The first-order valence-electron chi connectivity index (χ1n) is 5.59. The van der Waals surface area contributed by atoms with E-state index in [0.29, 0.717) is 0 Å². The Labute approximate surface area is 107 Å². The summed E-state index contributed by atoms with van der Waals surface area (Å²) in [6, 6.07) is 15.9. The molecular weight excluding hydrogens is 226 g/mol. The van der Waals surface area contributed by atoms with Crippen molar-refractivity contribution in [2.75, 3.05) is 12.4 Å². The lowest BCUT2D eigenvalue weighted by atomic mass is 10.2. The summed E-state index contributed by atoms with van der Waals surface area (Å²) in [5.41, 5.74) is 2.28. The molecule has 2 aromatic rings. The standard InChI is InChI=1S/C14H15NO.CH2O/c1-11-6-8-13(9-7-11)16-14-5-3-4-12(10-14)15-2;1-2/h3-10,15H,1-2H3;1H2. The average Bonchev–Trinajstić information content (AvgIpc) is 2.44. The highest BCUT2D eigenvalue weighted by molar-refractivity contribution is 5.48. The number of rotatable bonds is 3. The van der Waals surface area contributed by atoms with E-state index in [1.165, 1.54) is 5.56 Å². The first-order chi connectivity index (χ1) is 8.78. The molecule has 0 fully saturated rings. The average molecular weight is 243 g/mol. The number of benzene rings is 2. The van der Waals surface area contributed by atoms with Crippen molar-refractivity contribution in [3.63, 3.8) is 0 Å². The molecule has 0 radical (unpaired) electrons. The first-order valence-corrected chi connectivity index (χ1v) is 5.59. The van der Waals surface area contributed by atoms with Gasteiger partial charge in [-0.3, -0.25) is 0 Å². The van der Waals surface area contributed by atoms with Gasteiger partial charge in [-0.2, -0.15) is 0 Å². The molecule has 2 aromatic carbocycles. The zero-order valence-corrected chi connectivity index (χ0v) is 10.6. The Bertz CT molecular complexity index is 480. The molecule has 0 unspecified atom stereocenters. The van der Waals surface area contributed by atoms with Crippen LogP contribution in [0.3, 0.4) is 0 Å². The quantitative estimate of drug-likeness (QED) is 0.894.